The van der Waals surface area contributed by atoms with E-state index in [1.165, 1.54) is 11.1 Å². The maximum atomic E-state index is 11.4. The van der Waals surface area contributed by atoms with Crippen molar-refractivity contribution in [2.45, 2.75) is 13.0 Å². The van der Waals surface area contributed by atoms with E-state index in [1.807, 2.05) is 6.07 Å². The predicted octanol–water partition coefficient (Wildman–Crippen LogP) is 1.56. The molecule has 0 aliphatic carbocycles. The zero-order chi connectivity index (χ0) is 13.1. The van der Waals surface area contributed by atoms with Gasteiger partial charge in [-0.05, 0) is 39.5 Å². The van der Waals surface area contributed by atoms with Crippen molar-refractivity contribution < 1.29 is 9.53 Å². The summed E-state index contributed by atoms with van der Waals surface area (Å²) in [4.78, 5) is 13.5. The van der Waals surface area contributed by atoms with Crippen LogP contribution in [-0.2, 0) is 17.8 Å². The minimum atomic E-state index is 0.0611. The summed E-state index contributed by atoms with van der Waals surface area (Å²) in [6, 6.07) is 4.04. The molecule has 1 amide bonds. The van der Waals surface area contributed by atoms with Gasteiger partial charge in [0.05, 0.1) is 18.1 Å². The Bertz CT molecular complexity index is 463. The standard InChI is InChI=1S/C13H17BrN2O2/c1-15-12(17)8-16-6-5-10-9(7-16)3-4-11(18-2)13(10)14/h3-4H,5-8H2,1-2H3,(H,15,17). The Kier molecular flexibility index (Phi) is 4.24. The molecule has 1 N–H and O–H groups in total. The molecular weight excluding hydrogens is 296 g/mol. The molecule has 18 heavy (non-hydrogen) atoms. The van der Waals surface area contributed by atoms with Crippen LogP contribution in [0.5, 0.6) is 5.75 Å². The third-order valence-electron chi connectivity index (χ3n) is 3.24. The van der Waals surface area contributed by atoms with Crippen molar-refractivity contribution in [3.63, 3.8) is 0 Å². The third kappa shape index (κ3) is 2.67. The summed E-state index contributed by atoms with van der Waals surface area (Å²) in [7, 11) is 3.34. The average molecular weight is 313 g/mol. The Balaban J connectivity index is 2.16. The number of rotatable bonds is 3. The van der Waals surface area contributed by atoms with Gasteiger partial charge >= 0.3 is 0 Å². The van der Waals surface area contributed by atoms with Gasteiger partial charge in [-0.2, -0.15) is 0 Å². The third-order valence-corrected chi connectivity index (χ3v) is 4.11. The summed E-state index contributed by atoms with van der Waals surface area (Å²) in [6.07, 6.45) is 0.935. The predicted molar refractivity (Wildman–Crippen MR) is 73.7 cm³/mol. The summed E-state index contributed by atoms with van der Waals surface area (Å²) in [6.45, 7) is 2.16. The van der Waals surface area contributed by atoms with Crippen LogP contribution in [0.1, 0.15) is 11.1 Å². The quantitative estimate of drug-likeness (QED) is 0.921. The molecule has 1 aromatic rings. The molecule has 0 unspecified atom stereocenters. The number of amides is 1. The molecule has 1 aromatic carbocycles. The first kappa shape index (κ1) is 13.4. The van der Waals surface area contributed by atoms with E-state index in [2.05, 4.69) is 32.2 Å². The van der Waals surface area contributed by atoms with E-state index in [9.17, 15) is 4.79 Å². The molecule has 1 heterocycles. The fraction of sp³-hybridized carbons (Fsp3) is 0.462. The van der Waals surface area contributed by atoms with Crippen molar-refractivity contribution in [1.82, 2.24) is 10.2 Å². The van der Waals surface area contributed by atoms with Crippen molar-refractivity contribution in [2.75, 3.05) is 27.2 Å². The van der Waals surface area contributed by atoms with Crippen LogP contribution >= 0.6 is 15.9 Å². The van der Waals surface area contributed by atoms with E-state index >= 15 is 0 Å². The van der Waals surface area contributed by atoms with Crippen molar-refractivity contribution in [2.24, 2.45) is 0 Å². The Morgan fingerprint density at radius 2 is 2.33 bits per heavy atom. The maximum absolute atomic E-state index is 11.4. The summed E-state index contributed by atoms with van der Waals surface area (Å²) >= 11 is 3.59. The second-order valence-corrected chi connectivity index (χ2v) is 5.15. The number of halogens is 1. The molecule has 0 atom stereocenters. The molecular formula is C13H17BrN2O2. The van der Waals surface area contributed by atoms with Crippen molar-refractivity contribution in [1.29, 1.82) is 0 Å². The van der Waals surface area contributed by atoms with Crippen molar-refractivity contribution >= 4 is 21.8 Å². The van der Waals surface area contributed by atoms with Gasteiger partial charge < -0.3 is 10.1 Å². The van der Waals surface area contributed by atoms with Crippen LogP contribution in [-0.4, -0.2) is 38.1 Å². The molecule has 0 saturated carbocycles. The van der Waals surface area contributed by atoms with Crippen LogP contribution < -0.4 is 10.1 Å². The minimum absolute atomic E-state index is 0.0611. The van der Waals surface area contributed by atoms with E-state index < -0.39 is 0 Å². The van der Waals surface area contributed by atoms with Gasteiger partial charge in [-0.3, -0.25) is 9.69 Å². The van der Waals surface area contributed by atoms with Crippen LogP contribution in [0.25, 0.3) is 0 Å². The average Bonchev–Trinajstić information content (AvgIpc) is 2.39. The number of carbonyl (C=O) groups is 1. The summed E-state index contributed by atoms with van der Waals surface area (Å²) in [5.74, 6) is 0.930. The van der Waals surface area contributed by atoms with Crippen LogP contribution in [0.2, 0.25) is 0 Å². The number of ether oxygens (including phenoxy) is 1. The highest BCUT2D eigenvalue weighted by Gasteiger charge is 2.21. The molecule has 98 valence electrons. The number of likely N-dealkylation sites (N-methyl/N-ethyl adjacent to an activating group) is 1. The van der Waals surface area contributed by atoms with Gasteiger partial charge in [0.25, 0.3) is 0 Å². The van der Waals surface area contributed by atoms with Crippen LogP contribution in [0.3, 0.4) is 0 Å². The lowest BCUT2D eigenvalue weighted by molar-refractivity contribution is -0.121. The molecule has 0 bridgehead atoms. The molecule has 5 heteroatoms. The zero-order valence-electron chi connectivity index (χ0n) is 10.6. The number of hydrogen-bond acceptors (Lipinski definition) is 3. The van der Waals surface area contributed by atoms with Gasteiger partial charge in [0.1, 0.15) is 5.75 Å². The first-order valence-electron chi connectivity index (χ1n) is 5.93. The van der Waals surface area contributed by atoms with E-state index in [0.29, 0.717) is 6.54 Å². The largest absolute Gasteiger partial charge is 0.496 e. The fourth-order valence-electron chi connectivity index (χ4n) is 2.22. The molecule has 4 nitrogen and oxygen atoms in total. The van der Waals surface area contributed by atoms with Gasteiger partial charge in [0.15, 0.2) is 0 Å². The zero-order valence-corrected chi connectivity index (χ0v) is 12.2. The number of hydrogen-bond donors (Lipinski definition) is 1. The second-order valence-electron chi connectivity index (χ2n) is 4.35. The van der Waals surface area contributed by atoms with Crippen LogP contribution in [0.15, 0.2) is 16.6 Å². The Morgan fingerprint density at radius 3 is 3.00 bits per heavy atom. The first-order valence-corrected chi connectivity index (χ1v) is 6.72. The molecule has 1 aliphatic heterocycles. The highest BCUT2D eigenvalue weighted by atomic mass is 79.9. The lowest BCUT2D eigenvalue weighted by Crippen LogP contribution is -2.38. The molecule has 0 aromatic heterocycles. The molecule has 0 fully saturated rings. The fourth-order valence-corrected chi connectivity index (χ4v) is 2.97. The first-order chi connectivity index (χ1) is 8.65. The van der Waals surface area contributed by atoms with E-state index in [1.54, 1.807) is 14.2 Å². The van der Waals surface area contributed by atoms with Crippen molar-refractivity contribution in [3.8, 4) is 5.75 Å². The van der Waals surface area contributed by atoms with Gasteiger partial charge in [0, 0.05) is 20.1 Å². The lowest BCUT2D eigenvalue weighted by atomic mass is 9.99. The molecule has 0 spiro atoms. The number of carbonyl (C=O) groups excluding carboxylic acids is 1. The highest BCUT2D eigenvalue weighted by molar-refractivity contribution is 9.10. The maximum Gasteiger partial charge on any atom is 0.233 e. The van der Waals surface area contributed by atoms with Crippen LogP contribution in [0, 0.1) is 0 Å². The number of benzene rings is 1. The molecule has 2 rings (SSSR count). The Hall–Kier alpha value is -1.07. The number of nitrogens with one attached hydrogen (secondary N) is 1. The highest BCUT2D eigenvalue weighted by Crippen LogP contribution is 2.33. The topological polar surface area (TPSA) is 41.6 Å². The molecule has 0 radical (unpaired) electrons. The number of fused-ring (bicyclic) bond motifs is 1. The van der Waals surface area contributed by atoms with Gasteiger partial charge in [-0.15, -0.1) is 0 Å². The van der Waals surface area contributed by atoms with E-state index in [-0.39, 0.29) is 5.91 Å². The number of methoxy groups -OCH3 is 1. The molecule has 1 aliphatic rings. The van der Waals surface area contributed by atoms with E-state index in [4.69, 9.17) is 4.74 Å². The summed E-state index contributed by atoms with van der Waals surface area (Å²) in [5.41, 5.74) is 2.56. The summed E-state index contributed by atoms with van der Waals surface area (Å²) < 4.78 is 6.34. The number of nitrogens with zero attached hydrogens (tertiary/aromatic N) is 1. The van der Waals surface area contributed by atoms with Crippen LogP contribution in [0.4, 0.5) is 0 Å². The Labute approximate surface area is 115 Å². The SMILES string of the molecule is CNC(=O)CN1CCc2c(ccc(OC)c2Br)C1. The Morgan fingerprint density at radius 1 is 1.56 bits per heavy atom. The van der Waals surface area contributed by atoms with Gasteiger partial charge in [-0.1, -0.05) is 6.07 Å². The minimum Gasteiger partial charge on any atom is -0.496 e. The molecule has 0 saturated heterocycles. The smallest absolute Gasteiger partial charge is 0.233 e. The monoisotopic (exact) mass is 312 g/mol. The lowest BCUT2D eigenvalue weighted by Gasteiger charge is -2.29. The second kappa shape index (κ2) is 5.71. The van der Waals surface area contributed by atoms with Crippen molar-refractivity contribution in [3.05, 3.63) is 27.7 Å². The van der Waals surface area contributed by atoms with Gasteiger partial charge in [0.2, 0.25) is 5.91 Å². The van der Waals surface area contributed by atoms with E-state index in [0.717, 1.165) is 29.7 Å². The van der Waals surface area contributed by atoms with Gasteiger partial charge in [-0.25, -0.2) is 0 Å². The summed E-state index contributed by atoms with van der Waals surface area (Å²) in [5, 5.41) is 2.66. The normalized spacial score (nSPS) is 15.1.